The highest BCUT2D eigenvalue weighted by atomic mass is 16.6. The van der Waals surface area contributed by atoms with Crippen molar-refractivity contribution < 1.29 is 9.53 Å². The third-order valence-electron chi connectivity index (χ3n) is 3.35. The Bertz CT molecular complexity index is 365. The number of rotatable bonds is 1. The van der Waals surface area contributed by atoms with E-state index in [4.69, 9.17) is 4.74 Å². The maximum atomic E-state index is 12.2. The highest BCUT2D eigenvalue weighted by Gasteiger charge is 2.42. The number of amides is 1. The lowest BCUT2D eigenvalue weighted by molar-refractivity contribution is 0.0164. The van der Waals surface area contributed by atoms with Gasteiger partial charge >= 0.3 is 6.09 Å². The Morgan fingerprint density at radius 1 is 1.53 bits per heavy atom. The molecule has 2 bridgehead atoms. The van der Waals surface area contributed by atoms with Crippen LogP contribution in [0.25, 0.3) is 0 Å². The molecule has 17 heavy (non-hydrogen) atoms. The van der Waals surface area contributed by atoms with Gasteiger partial charge in [-0.15, -0.1) is 0 Å². The van der Waals surface area contributed by atoms with E-state index in [2.05, 4.69) is 12.7 Å². The third kappa shape index (κ3) is 2.38. The summed E-state index contributed by atoms with van der Waals surface area (Å²) >= 11 is 0. The average Bonchev–Trinajstić information content (AvgIpc) is 2.52. The van der Waals surface area contributed by atoms with E-state index in [-0.39, 0.29) is 12.1 Å². The first-order valence-electron chi connectivity index (χ1n) is 6.26. The van der Waals surface area contributed by atoms with Crippen molar-refractivity contribution in [3.05, 3.63) is 24.3 Å². The Morgan fingerprint density at radius 2 is 2.24 bits per heavy atom. The summed E-state index contributed by atoms with van der Waals surface area (Å²) in [6.07, 6.45) is 6.91. The van der Waals surface area contributed by atoms with Crippen molar-refractivity contribution in [1.29, 1.82) is 0 Å². The second-order valence-corrected chi connectivity index (χ2v) is 5.78. The molecule has 0 spiro atoms. The lowest BCUT2D eigenvalue weighted by atomic mass is 10.0. The monoisotopic (exact) mass is 235 g/mol. The largest absolute Gasteiger partial charge is 0.444 e. The van der Waals surface area contributed by atoms with E-state index in [1.165, 1.54) is 5.57 Å². The van der Waals surface area contributed by atoms with Gasteiger partial charge in [0.1, 0.15) is 5.60 Å². The molecule has 3 nitrogen and oxygen atoms in total. The van der Waals surface area contributed by atoms with Crippen LogP contribution in [0, 0.1) is 0 Å². The molecule has 2 rings (SSSR count). The molecule has 1 fully saturated rings. The number of carbonyl (C=O) groups excluding carboxylic acids is 1. The second kappa shape index (κ2) is 4.21. The van der Waals surface area contributed by atoms with E-state index in [0.717, 1.165) is 19.3 Å². The zero-order valence-electron chi connectivity index (χ0n) is 10.9. The van der Waals surface area contributed by atoms with E-state index < -0.39 is 5.60 Å². The maximum absolute atomic E-state index is 12.2. The number of nitrogens with zero attached hydrogens (tertiary/aromatic N) is 1. The van der Waals surface area contributed by atoms with Crippen LogP contribution >= 0.6 is 0 Å². The smallest absolute Gasteiger partial charge is 0.411 e. The van der Waals surface area contributed by atoms with Crippen LogP contribution in [-0.4, -0.2) is 28.7 Å². The van der Waals surface area contributed by atoms with Crippen LogP contribution < -0.4 is 0 Å². The van der Waals surface area contributed by atoms with Gasteiger partial charge in [0.15, 0.2) is 0 Å². The topological polar surface area (TPSA) is 29.5 Å². The maximum Gasteiger partial charge on any atom is 0.411 e. The van der Waals surface area contributed by atoms with Crippen molar-refractivity contribution in [3.63, 3.8) is 0 Å². The summed E-state index contributed by atoms with van der Waals surface area (Å²) < 4.78 is 5.48. The van der Waals surface area contributed by atoms with Gasteiger partial charge < -0.3 is 4.74 Å². The molecule has 0 aliphatic carbocycles. The van der Waals surface area contributed by atoms with Crippen LogP contribution in [-0.2, 0) is 4.74 Å². The fourth-order valence-corrected chi connectivity index (χ4v) is 2.66. The highest BCUT2D eigenvalue weighted by molar-refractivity contribution is 5.71. The molecule has 1 amide bonds. The molecule has 0 aromatic heterocycles. The van der Waals surface area contributed by atoms with Crippen molar-refractivity contribution in [1.82, 2.24) is 4.90 Å². The van der Waals surface area contributed by atoms with Crippen molar-refractivity contribution in [2.75, 3.05) is 0 Å². The molecule has 2 heterocycles. The van der Waals surface area contributed by atoms with Crippen LogP contribution in [0.1, 0.15) is 40.0 Å². The lowest BCUT2D eigenvalue weighted by Gasteiger charge is -2.35. The summed E-state index contributed by atoms with van der Waals surface area (Å²) in [5.41, 5.74) is 0.746. The predicted molar refractivity (Wildman–Crippen MR) is 67.8 cm³/mol. The first-order valence-corrected chi connectivity index (χ1v) is 6.26. The molecule has 0 N–H and O–H groups in total. The molecular formula is C14H21NO2. The normalized spacial score (nSPS) is 27.7. The van der Waals surface area contributed by atoms with Crippen LogP contribution in [0.15, 0.2) is 24.3 Å². The standard InChI is InChI=1S/C14H21NO2/c1-5-10-6-7-11-8-9-12(10)15(11)13(16)17-14(2,3)4/h5-6,11-12H,1,7-9H2,2-4H3. The zero-order chi connectivity index (χ0) is 12.6. The van der Waals surface area contributed by atoms with Gasteiger partial charge in [0, 0.05) is 6.04 Å². The molecule has 94 valence electrons. The molecule has 3 heteroatoms. The fourth-order valence-electron chi connectivity index (χ4n) is 2.66. The molecule has 2 unspecified atom stereocenters. The number of fused-ring (bicyclic) bond motifs is 2. The van der Waals surface area contributed by atoms with Gasteiger partial charge in [0.25, 0.3) is 0 Å². The molecule has 0 aromatic rings. The Hall–Kier alpha value is -1.25. The summed E-state index contributed by atoms with van der Waals surface area (Å²) in [5, 5.41) is 0. The van der Waals surface area contributed by atoms with Gasteiger partial charge in [-0.05, 0) is 45.6 Å². The lowest BCUT2D eigenvalue weighted by Crippen LogP contribution is -2.46. The molecule has 0 radical (unpaired) electrons. The number of carbonyl (C=O) groups is 1. The minimum atomic E-state index is -0.425. The van der Waals surface area contributed by atoms with E-state index in [1.54, 1.807) is 0 Å². The Labute approximate surface area is 103 Å². The quantitative estimate of drug-likeness (QED) is 0.698. The SMILES string of the molecule is C=CC1=CCC2CCC1N2C(=O)OC(C)(C)C. The summed E-state index contributed by atoms with van der Waals surface area (Å²) in [5.74, 6) is 0. The van der Waals surface area contributed by atoms with Crippen molar-refractivity contribution >= 4 is 6.09 Å². The minimum Gasteiger partial charge on any atom is -0.444 e. The first-order chi connectivity index (χ1) is 7.92. The Morgan fingerprint density at radius 3 is 2.82 bits per heavy atom. The van der Waals surface area contributed by atoms with Gasteiger partial charge in [0.2, 0.25) is 0 Å². The van der Waals surface area contributed by atoms with Gasteiger partial charge in [-0.25, -0.2) is 4.79 Å². The predicted octanol–water partition coefficient (Wildman–Crippen LogP) is 3.27. The third-order valence-corrected chi connectivity index (χ3v) is 3.35. The van der Waals surface area contributed by atoms with Gasteiger partial charge in [-0.1, -0.05) is 18.7 Å². The number of hydrogen-bond donors (Lipinski definition) is 0. The summed E-state index contributed by atoms with van der Waals surface area (Å²) in [6.45, 7) is 9.53. The molecule has 0 saturated carbocycles. The number of ether oxygens (including phenoxy) is 1. The number of hydrogen-bond acceptors (Lipinski definition) is 2. The van der Waals surface area contributed by atoms with Crippen LogP contribution in [0.4, 0.5) is 4.79 Å². The van der Waals surface area contributed by atoms with Crippen LogP contribution in [0.2, 0.25) is 0 Å². The van der Waals surface area contributed by atoms with E-state index in [0.29, 0.717) is 6.04 Å². The Balaban J connectivity index is 2.15. The minimum absolute atomic E-state index is 0.182. The highest BCUT2D eigenvalue weighted by Crippen LogP contribution is 2.36. The van der Waals surface area contributed by atoms with Gasteiger partial charge in [0.05, 0.1) is 6.04 Å². The second-order valence-electron chi connectivity index (χ2n) is 5.78. The van der Waals surface area contributed by atoms with Gasteiger partial charge in [-0.2, -0.15) is 0 Å². The molecule has 0 aromatic carbocycles. The van der Waals surface area contributed by atoms with Crippen molar-refractivity contribution in [3.8, 4) is 0 Å². The van der Waals surface area contributed by atoms with E-state index in [1.807, 2.05) is 31.7 Å². The summed E-state index contributed by atoms with van der Waals surface area (Å²) in [7, 11) is 0. The van der Waals surface area contributed by atoms with Crippen molar-refractivity contribution in [2.45, 2.75) is 57.7 Å². The average molecular weight is 235 g/mol. The van der Waals surface area contributed by atoms with Crippen molar-refractivity contribution in [2.24, 2.45) is 0 Å². The molecule has 1 saturated heterocycles. The molecule has 2 aliphatic rings. The van der Waals surface area contributed by atoms with Crippen LogP contribution in [0.5, 0.6) is 0 Å². The zero-order valence-corrected chi connectivity index (χ0v) is 10.9. The molecule has 2 aliphatic heterocycles. The molecule has 2 atom stereocenters. The molecular weight excluding hydrogens is 214 g/mol. The summed E-state index contributed by atoms with van der Waals surface area (Å²) in [4.78, 5) is 14.1. The summed E-state index contributed by atoms with van der Waals surface area (Å²) in [6, 6.07) is 0.500. The fraction of sp³-hybridized carbons (Fsp3) is 0.643. The van der Waals surface area contributed by atoms with Gasteiger partial charge in [-0.3, -0.25) is 4.90 Å². The Kier molecular flexibility index (Phi) is 3.02. The van der Waals surface area contributed by atoms with Crippen LogP contribution in [0.3, 0.4) is 0 Å². The van der Waals surface area contributed by atoms with E-state index in [9.17, 15) is 4.79 Å². The first kappa shape index (κ1) is 12.2. The van der Waals surface area contributed by atoms with E-state index >= 15 is 0 Å².